The van der Waals surface area contributed by atoms with Crippen LogP contribution < -0.4 is 14.4 Å². The van der Waals surface area contributed by atoms with Crippen molar-refractivity contribution < 1.29 is 4.57 Å². The second-order valence-electron chi connectivity index (χ2n) is 12.7. The molecule has 6 aromatic carbocycles. The standard InChI is InChI=1S/C43H33N6/c1-28-14-18-30(19-15-28)32-22-24-36-38(26-32)48(34-10-6-4-7-11-34)42-40(44-36)47(3)41-43(46-42)49(35-12-8-5-9-13-35)39-27-33(23-25-37(39)45-41)31-20-16-29(2)17-21-31/h4-27H,1-3H3/q+1. The molecule has 0 bridgehead atoms. The highest BCUT2D eigenvalue weighted by Crippen LogP contribution is 2.44. The normalized spacial score (nSPS) is 13.4. The van der Waals surface area contributed by atoms with Crippen LogP contribution in [0.5, 0.6) is 0 Å². The van der Waals surface area contributed by atoms with Gasteiger partial charge in [-0.1, -0.05) is 108 Å². The molecule has 0 spiro atoms. The first kappa shape index (κ1) is 28.8. The molecule has 3 heterocycles. The maximum absolute atomic E-state index is 5.50. The summed E-state index contributed by atoms with van der Waals surface area (Å²) in [5.74, 6) is 2.98. The van der Waals surface area contributed by atoms with Crippen LogP contribution in [0, 0.1) is 13.8 Å². The summed E-state index contributed by atoms with van der Waals surface area (Å²) in [7, 11) is 2.04. The minimum atomic E-state index is 0.745. The Kier molecular flexibility index (Phi) is 6.69. The molecule has 0 fully saturated rings. The lowest BCUT2D eigenvalue weighted by Crippen LogP contribution is -2.48. The van der Waals surface area contributed by atoms with Crippen LogP contribution in [0.2, 0.25) is 0 Å². The van der Waals surface area contributed by atoms with E-state index in [1.54, 1.807) is 0 Å². The summed E-state index contributed by atoms with van der Waals surface area (Å²) < 4.78 is 2.23. The van der Waals surface area contributed by atoms with Crippen LogP contribution in [-0.4, -0.2) is 23.7 Å². The molecule has 0 saturated heterocycles. The van der Waals surface area contributed by atoms with Crippen LogP contribution in [0.25, 0.3) is 39.0 Å². The fourth-order valence-corrected chi connectivity index (χ4v) is 6.73. The summed E-state index contributed by atoms with van der Waals surface area (Å²) in [4.78, 5) is 20.3. The number of hydrogen-bond donors (Lipinski definition) is 0. The van der Waals surface area contributed by atoms with Gasteiger partial charge in [0.05, 0.1) is 11.4 Å². The molecule has 2 aliphatic rings. The summed E-state index contributed by atoms with van der Waals surface area (Å²) in [6, 6.07) is 51.1. The molecule has 49 heavy (non-hydrogen) atoms. The number of fused-ring (bicyclic) bond motifs is 4. The molecule has 0 atom stereocenters. The Morgan fingerprint density at radius 1 is 0.551 bits per heavy atom. The molecular weight excluding hydrogens is 601 g/mol. The molecule has 0 saturated carbocycles. The van der Waals surface area contributed by atoms with Crippen molar-refractivity contribution in [1.82, 2.24) is 4.98 Å². The van der Waals surface area contributed by atoms with E-state index in [9.17, 15) is 0 Å². The van der Waals surface area contributed by atoms with Crippen LogP contribution in [0.4, 0.5) is 28.7 Å². The monoisotopic (exact) mass is 633 g/mol. The van der Waals surface area contributed by atoms with Crippen LogP contribution >= 0.6 is 0 Å². The third kappa shape index (κ3) is 4.88. The van der Waals surface area contributed by atoms with E-state index < -0.39 is 0 Å². The van der Waals surface area contributed by atoms with E-state index in [1.165, 1.54) is 11.1 Å². The van der Waals surface area contributed by atoms with Gasteiger partial charge in [0.25, 0.3) is 5.84 Å². The number of benzene rings is 6. The van der Waals surface area contributed by atoms with Gasteiger partial charge >= 0.3 is 5.82 Å². The summed E-state index contributed by atoms with van der Waals surface area (Å²) in [5, 5.41) is 0. The molecule has 6 nitrogen and oxygen atoms in total. The van der Waals surface area contributed by atoms with Crippen LogP contribution in [-0.2, 0) is 0 Å². The van der Waals surface area contributed by atoms with Crippen molar-refractivity contribution in [3.05, 3.63) is 157 Å². The number of likely N-dealkylation sites (N-methyl/N-ethyl adjacent to an activating group) is 1. The van der Waals surface area contributed by atoms with Crippen molar-refractivity contribution >= 4 is 51.4 Å². The third-order valence-corrected chi connectivity index (χ3v) is 9.35. The van der Waals surface area contributed by atoms with Gasteiger partial charge in [-0.15, -0.1) is 0 Å². The molecule has 0 N–H and O–H groups in total. The Balaban J connectivity index is 1.30. The number of amidine groups is 2. The topological polar surface area (TPSA) is 48.0 Å². The maximum Gasteiger partial charge on any atom is 0.374 e. The lowest BCUT2D eigenvalue weighted by molar-refractivity contribution is -0.552. The van der Waals surface area contributed by atoms with Crippen molar-refractivity contribution in [3.63, 3.8) is 0 Å². The second kappa shape index (κ2) is 11.4. The molecule has 2 aliphatic heterocycles. The van der Waals surface area contributed by atoms with Gasteiger partial charge in [0, 0.05) is 12.7 Å². The zero-order valence-electron chi connectivity index (χ0n) is 27.5. The Bertz CT molecular complexity index is 2450. The van der Waals surface area contributed by atoms with Gasteiger partial charge in [-0.05, 0) is 89.6 Å². The van der Waals surface area contributed by atoms with Crippen molar-refractivity contribution in [2.24, 2.45) is 9.98 Å². The molecule has 9 rings (SSSR count). The zero-order chi connectivity index (χ0) is 33.1. The first-order chi connectivity index (χ1) is 24.0. The Labute approximate surface area is 285 Å². The van der Waals surface area contributed by atoms with Crippen LogP contribution in [0.15, 0.2) is 156 Å². The van der Waals surface area contributed by atoms with E-state index in [2.05, 4.69) is 162 Å². The van der Waals surface area contributed by atoms with Crippen molar-refractivity contribution in [2.75, 3.05) is 16.8 Å². The zero-order valence-corrected chi connectivity index (χ0v) is 27.5. The van der Waals surface area contributed by atoms with E-state index in [0.717, 1.165) is 79.3 Å². The fraction of sp³-hybridized carbons (Fsp3) is 0.0698. The van der Waals surface area contributed by atoms with Crippen LogP contribution in [0.3, 0.4) is 0 Å². The van der Waals surface area contributed by atoms with E-state index in [1.807, 2.05) is 19.2 Å². The van der Waals surface area contributed by atoms with Crippen molar-refractivity contribution in [3.8, 4) is 27.9 Å². The molecule has 234 valence electrons. The van der Waals surface area contributed by atoms with E-state index in [4.69, 9.17) is 15.0 Å². The average molecular weight is 634 g/mol. The van der Waals surface area contributed by atoms with Gasteiger partial charge in [-0.25, -0.2) is 9.98 Å². The van der Waals surface area contributed by atoms with E-state index in [-0.39, 0.29) is 0 Å². The Morgan fingerprint density at radius 3 is 1.82 bits per heavy atom. The minimum absolute atomic E-state index is 0.745. The highest BCUT2D eigenvalue weighted by molar-refractivity contribution is 6.54. The number of anilines is 3. The summed E-state index contributed by atoms with van der Waals surface area (Å²) in [5.41, 5.74) is 12.8. The number of para-hydroxylation sites is 2. The van der Waals surface area contributed by atoms with Gasteiger partial charge in [-0.2, -0.15) is 4.57 Å². The molecule has 0 amide bonds. The minimum Gasteiger partial charge on any atom is -0.302 e. The Hall–Kier alpha value is -6.40. The van der Waals surface area contributed by atoms with Gasteiger partial charge in [0.15, 0.2) is 5.52 Å². The van der Waals surface area contributed by atoms with Crippen molar-refractivity contribution in [1.29, 1.82) is 0 Å². The number of nitrogens with zero attached hydrogens (tertiary/aromatic N) is 6. The third-order valence-electron chi connectivity index (χ3n) is 9.35. The summed E-state index contributed by atoms with van der Waals surface area (Å²) in [6.07, 6.45) is 0. The molecule has 7 aromatic rings. The molecule has 0 radical (unpaired) electrons. The van der Waals surface area contributed by atoms with E-state index >= 15 is 0 Å². The molecule has 0 aliphatic carbocycles. The first-order valence-electron chi connectivity index (χ1n) is 16.5. The van der Waals surface area contributed by atoms with Crippen molar-refractivity contribution in [2.45, 2.75) is 13.8 Å². The molecule has 0 unspecified atom stereocenters. The lowest BCUT2D eigenvalue weighted by Gasteiger charge is -2.34. The fourth-order valence-electron chi connectivity index (χ4n) is 6.73. The maximum atomic E-state index is 5.50. The second-order valence-corrected chi connectivity index (χ2v) is 12.7. The molecule has 1 aromatic heterocycles. The Morgan fingerprint density at radius 2 is 1.14 bits per heavy atom. The molecular formula is C43H33N6+. The van der Waals surface area contributed by atoms with E-state index in [0.29, 0.717) is 0 Å². The highest BCUT2D eigenvalue weighted by atomic mass is 15.4. The van der Waals surface area contributed by atoms with Gasteiger partial charge in [-0.3, -0.25) is 4.90 Å². The van der Waals surface area contributed by atoms with Gasteiger partial charge in [0.1, 0.15) is 11.2 Å². The van der Waals surface area contributed by atoms with Gasteiger partial charge < -0.3 is 4.90 Å². The SMILES string of the molecule is Cc1ccc(-c2ccc3c(c2)N(c2ccccc2)C2=Nc4c(nc5ccc(-c6ccc(C)cc6)cc5[n+]4-c4ccccc4)N(C)C2=N3)cc1. The predicted octanol–water partition coefficient (Wildman–Crippen LogP) is 9.82. The number of aromatic nitrogens is 2. The largest absolute Gasteiger partial charge is 0.374 e. The summed E-state index contributed by atoms with van der Waals surface area (Å²) >= 11 is 0. The number of rotatable bonds is 4. The average Bonchev–Trinajstić information content (AvgIpc) is 3.14. The first-order valence-corrected chi connectivity index (χ1v) is 16.5. The number of aliphatic imine (C=N–C) groups is 2. The number of hydrogen-bond acceptors (Lipinski definition) is 5. The quantitative estimate of drug-likeness (QED) is 0.181. The molecule has 6 heteroatoms. The smallest absolute Gasteiger partial charge is 0.302 e. The predicted molar refractivity (Wildman–Crippen MR) is 201 cm³/mol. The van der Waals surface area contributed by atoms with Gasteiger partial charge in [0.2, 0.25) is 11.7 Å². The lowest BCUT2D eigenvalue weighted by atomic mass is 10.0. The number of aryl methyl sites for hydroxylation is 2. The summed E-state index contributed by atoms with van der Waals surface area (Å²) in [6.45, 7) is 4.23. The highest BCUT2D eigenvalue weighted by Gasteiger charge is 2.42. The van der Waals surface area contributed by atoms with Crippen LogP contribution in [0.1, 0.15) is 11.1 Å².